The monoisotopic (exact) mass is 262 g/mol. The van der Waals surface area contributed by atoms with E-state index in [0.717, 1.165) is 12.0 Å². The molecule has 98 valence electrons. The molecule has 0 spiro atoms. The largest absolute Gasteiger partial charge is 0.289 e. The predicted octanol–water partition coefficient (Wildman–Crippen LogP) is 3.80. The fraction of sp³-hybridized carbons (Fsp3) is 0.222. The van der Waals surface area contributed by atoms with Gasteiger partial charge in [0, 0.05) is 28.7 Å². The molecule has 0 heterocycles. The van der Waals surface area contributed by atoms with Gasteiger partial charge in [-0.3, -0.25) is 9.59 Å². The van der Waals surface area contributed by atoms with Crippen molar-refractivity contribution in [3.8, 4) is 0 Å². The second kappa shape index (κ2) is 3.66. The van der Waals surface area contributed by atoms with Crippen LogP contribution in [0.5, 0.6) is 0 Å². The molecule has 0 atom stereocenters. The molecule has 1 aromatic carbocycles. The van der Waals surface area contributed by atoms with Crippen molar-refractivity contribution in [2.75, 3.05) is 0 Å². The van der Waals surface area contributed by atoms with Gasteiger partial charge in [0.25, 0.3) is 0 Å². The topological polar surface area (TPSA) is 34.1 Å². The highest BCUT2D eigenvalue weighted by Gasteiger charge is 2.41. The first-order valence-corrected chi connectivity index (χ1v) is 6.90. The maximum absolute atomic E-state index is 12.8. The highest BCUT2D eigenvalue weighted by atomic mass is 16.1. The van der Waals surface area contributed by atoms with Crippen LogP contribution in [0.3, 0.4) is 0 Å². The average Bonchev–Trinajstić information content (AvgIpc) is 2.96. The van der Waals surface area contributed by atoms with Gasteiger partial charge in [-0.05, 0) is 31.4 Å². The van der Waals surface area contributed by atoms with Crippen LogP contribution < -0.4 is 0 Å². The number of rotatable bonds is 0. The highest BCUT2D eigenvalue weighted by Crippen LogP contribution is 2.49. The lowest BCUT2D eigenvalue weighted by Crippen LogP contribution is -2.20. The molecule has 0 bridgehead atoms. The van der Waals surface area contributed by atoms with E-state index in [4.69, 9.17) is 0 Å². The summed E-state index contributed by atoms with van der Waals surface area (Å²) in [6, 6.07) is 7.16. The number of allylic oxidation sites excluding steroid dienone is 6. The number of ketones is 2. The Morgan fingerprint density at radius 1 is 0.750 bits per heavy atom. The van der Waals surface area contributed by atoms with Crippen LogP contribution in [-0.2, 0) is 0 Å². The van der Waals surface area contributed by atoms with Crippen LogP contribution in [0, 0.1) is 0 Å². The first-order valence-electron chi connectivity index (χ1n) is 6.90. The number of fused-ring (bicyclic) bond motifs is 3. The molecule has 0 radical (unpaired) electrons. The summed E-state index contributed by atoms with van der Waals surface area (Å²) in [5.41, 5.74) is 7.30. The van der Waals surface area contributed by atoms with Gasteiger partial charge in [0.2, 0.25) is 0 Å². The Kier molecular flexibility index (Phi) is 2.12. The summed E-state index contributed by atoms with van der Waals surface area (Å²) in [6.45, 7) is 4.17. The minimum Gasteiger partial charge on any atom is -0.289 e. The molecule has 4 rings (SSSR count). The molecule has 0 aromatic heterocycles. The van der Waals surface area contributed by atoms with E-state index in [1.807, 2.05) is 12.1 Å². The van der Waals surface area contributed by atoms with Crippen molar-refractivity contribution in [2.24, 2.45) is 0 Å². The van der Waals surface area contributed by atoms with Gasteiger partial charge in [-0.1, -0.05) is 35.4 Å². The zero-order valence-electron chi connectivity index (χ0n) is 11.5. The number of benzene rings is 1. The number of Topliss-reactive ketones (excluding diaryl/α,β-unsaturated/α-hetero) is 2. The van der Waals surface area contributed by atoms with Crippen LogP contribution in [0.15, 0.2) is 57.7 Å². The molecule has 0 saturated carbocycles. The normalized spacial score (nSPS) is 20.7. The van der Waals surface area contributed by atoms with E-state index in [2.05, 4.69) is 13.8 Å². The summed E-state index contributed by atoms with van der Waals surface area (Å²) in [6.07, 6.45) is 1.57. The second-order valence-electron chi connectivity index (χ2n) is 5.83. The highest BCUT2D eigenvalue weighted by molar-refractivity contribution is 6.30. The van der Waals surface area contributed by atoms with Gasteiger partial charge in [-0.2, -0.15) is 0 Å². The van der Waals surface area contributed by atoms with E-state index in [9.17, 15) is 9.59 Å². The minimum absolute atomic E-state index is 0.0225. The van der Waals surface area contributed by atoms with Crippen LogP contribution >= 0.6 is 0 Å². The third-order valence-electron chi connectivity index (χ3n) is 4.60. The van der Waals surface area contributed by atoms with Crippen LogP contribution in [0.1, 0.15) is 47.4 Å². The first kappa shape index (κ1) is 11.6. The van der Waals surface area contributed by atoms with Gasteiger partial charge in [0.05, 0.1) is 0 Å². The fourth-order valence-electron chi connectivity index (χ4n) is 3.70. The molecular weight excluding hydrogens is 248 g/mol. The fourth-order valence-corrected chi connectivity index (χ4v) is 3.70. The van der Waals surface area contributed by atoms with Crippen molar-refractivity contribution in [2.45, 2.75) is 26.7 Å². The lowest BCUT2D eigenvalue weighted by Gasteiger charge is -2.16. The van der Waals surface area contributed by atoms with Crippen molar-refractivity contribution in [3.05, 3.63) is 68.8 Å². The number of carbonyl (C=O) groups is 2. The quantitative estimate of drug-likeness (QED) is 0.712. The zero-order chi connectivity index (χ0) is 14.0. The van der Waals surface area contributed by atoms with Crippen molar-refractivity contribution >= 4 is 11.6 Å². The van der Waals surface area contributed by atoms with E-state index >= 15 is 0 Å². The maximum atomic E-state index is 12.8. The molecule has 3 aliphatic carbocycles. The first-order chi connectivity index (χ1) is 9.59. The zero-order valence-corrected chi connectivity index (χ0v) is 11.5. The Morgan fingerprint density at radius 2 is 1.40 bits per heavy atom. The lowest BCUT2D eigenvalue weighted by atomic mass is 9.84. The van der Waals surface area contributed by atoms with Crippen LogP contribution in [-0.4, -0.2) is 11.6 Å². The SMILES string of the molecule is CC1=C2CC3=C(C(=O)c4ccccc4C3=O)C2=C(C)C1. The maximum Gasteiger partial charge on any atom is 0.194 e. The minimum atomic E-state index is 0.0225. The molecule has 0 fully saturated rings. The molecule has 0 aliphatic heterocycles. The predicted molar refractivity (Wildman–Crippen MR) is 76.8 cm³/mol. The van der Waals surface area contributed by atoms with Gasteiger partial charge >= 0.3 is 0 Å². The Bertz CT molecular complexity index is 800. The number of carbonyl (C=O) groups excluding carboxylic acids is 2. The van der Waals surface area contributed by atoms with Gasteiger partial charge in [-0.25, -0.2) is 0 Å². The van der Waals surface area contributed by atoms with Crippen LogP contribution in [0.4, 0.5) is 0 Å². The average molecular weight is 262 g/mol. The number of hydrogen-bond donors (Lipinski definition) is 0. The van der Waals surface area contributed by atoms with Crippen LogP contribution in [0.25, 0.3) is 0 Å². The van der Waals surface area contributed by atoms with Gasteiger partial charge in [-0.15, -0.1) is 0 Å². The van der Waals surface area contributed by atoms with E-state index in [0.29, 0.717) is 28.7 Å². The van der Waals surface area contributed by atoms with Crippen molar-refractivity contribution in [3.63, 3.8) is 0 Å². The summed E-state index contributed by atoms with van der Waals surface area (Å²) >= 11 is 0. The molecule has 0 amide bonds. The van der Waals surface area contributed by atoms with E-state index in [-0.39, 0.29) is 11.6 Å². The van der Waals surface area contributed by atoms with E-state index in [1.165, 1.54) is 16.7 Å². The summed E-state index contributed by atoms with van der Waals surface area (Å²) in [4.78, 5) is 25.4. The summed E-state index contributed by atoms with van der Waals surface area (Å²) < 4.78 is 0. The molecule has 2 heteroatoms. The summed E-state index contributed by atoms with van der Waals surface area (Å²) in [7, 11) is 0. The second-order valence-corrected chi connectivity index (χ2v) is 5.83. The van der Waals surface area contributed by atoms with Crippen molar-refractivity contribution in [1.82, 2.24) is 0 Å². The standard InChI is InChI=1S/C18H14O2/c1-9-7-10(2)15-13(9)8-14-16(15)18(20)12-6-4-3-5-11(12)17(14)19/h3-6H,7-8H2,1-2H3. The Balaban J connectivity index is 2.00. The summed E-state index contributed by atoms with van der Waals surface area (Å²) in [5.74, 6) is 0.0550. The Hall–Kier alpha value is -2.22. The molecule has 1 aromatic rings. The smallest absolute Gasteiger partial charge is 0.194 e. The summed E-state index contributed by atoms with van der Waals surface area (Å²) in [5, 5.41) is 0. The Morgan fingerprint density at radius 3 is 2.10 bits per heavy atom. The molecule has 0 N–H and O–H groups in total. The van der Waals surface area contributed by atoms with Crippen LogP contribution in [0.2, 0.25) is 0 Å². The van der Waals surface area contributed by atoms with Gasteiger partial charge < -0.3 is 0 Å². The molecule has 2 nitrogen and oxygen atoms in total. The Labute approximate surface area is 117 Å². The van der Waals surface area contributed by atoms with Crippen molar-refractivity contribution in [1.29, 1.82) is 0 Å². The molecule has 0 unspecified atom stereocenters. The molecule has 3 aliphatic rings. The lowest BCUT2D eigenvalue weighted by molar-refractivity contribution is 0.0977. The van der Waals surface area contributed by atoms with Gasteiger partial charge in [0.15, 0.2) is 11.6 Å². The van der Waals surface area contributed by atoms with E-state index < -0.39 is 0 Å². The van der Waals surface area contributed by atoms with Crippen molar-refractivity contribution < 1.29 is 9.59 Å². The van der Waals surface area contributed by atoms with Gasteiger partial charge in [0.1, 0.15) is 0 Å². The third-order valence-corrected chi connectivity index (χ3v) is 4.60. The number of hydrogen-bond acceptors (Lipinski definition) is 2. The molecular formula is C18H14O2. The van der Waals surface area contributed by atoms with E-state index in [1.54, 1.807) is 12.1 Å². The third kappa shape index (κ3) is 1.24. The molecule has 20 heavy (non-hydrogen) atoms. The molecule has 0 saturated heterocycles.